The fourth-order valence-electron chi connectivity index (χ4n) is 3.56. The molecule has 6 heteroatoms. The summed E-state index contributed by atoms with van der Waals surface area (Å²) in [6, 6.07) is 10.1. The maximum absolute atomic E-state index is 9.42. The highest BCUT2D eigenvalue weighted by Gasteiger charge is 2.23. The molecule has 2 aliphatic heterocycles. The quantitative estimate of drug-likeness (QED) is 0.852. The molecule has 0 saturated carbocycles. The number of aliphatic hydroxyl groups excluding tert-OH is 2. The summed E-state index contributed by atoms with van der Waals surface area (Å²) in [6.07, 6.45) is 2.49. The van der Waals surface area contributed by atoms with Gasteiger partial charge in [-0.05, 0) is 35.7 Å². The van der Waals surface area contributed by atoms with Crippen molar-refractivity contribution in [2.45, 2.75) is 25.7 Å². The number of hydrogen-bond acceptors (Lipinski definition) is 6. The monoisotopic (exact) mass is 353 g/mol. The zero-order chi connectivity index (χ0) is 17.9. The molecule has 0 amide bonds. The lowest BCUT2D eigenvalue weighted by molar-refractivity contribution is 0.0244. The van der Waals surface area contributed by atoms with Gasteiger partial charge in [-0.15, -0.1) is 0 Å². The number of benzene rings is 1. The first kappa shape index (κ1) is 17.1. The lowest BCUT2D eigenvalue weighted by Gasteiger charge is -2.33. The molecule has 136 valence electrons. The van der Waals surface area contributed by atoms with Crippen LogP contribution in [0.4, 0.5) is 5.82 Å². The van der Waals surface area contributed by atoms with Gasteiger partial charge in [-0.25, -0.2) is 4.98 Å². The number of aromatic nitrogens is 1. The van der Waals surface area contributed by atoms with Crippen molar-refractivity contribution in [2.75, 3.05) is 31.2 Å². The van der Waals surface area contributed by atoms with Crippen LogP contribution in [0.3, 0.4) is 0 Å². The third kappa shape index (κ3) is 3.35. The van der Waals surface area contributed by atoms with E-state index >= 15 is 0 Å². The van der Waals surface area contributed by atoms with Gasteiger partial charge in [0.2, 0.25) is 0 Å². The lowest BCUT2D eigenvalue weighted by Crippen LogP contribution is -2.43. The van der Waals surface area contributed by atoms with Crippen LogP contribution < -0.4 is 4.90 Å². The molecular formula is C20H23N3O3. The molecule has 2 aromatic rings. The number of hydrogen-bond donors (Lipinski definition) is 2. The zero-order valence-electron chi connectivity index (χ0n) is 14.6. The van der Waals surface area contributed by atoms with Crippen molar-refractivity contribution in [3.05, 3.63) is 58.8 Å². The second kappa shape index (κ2) is 7.53. The summed E-state index contributed by atoms with van der Waals surface area (Å²) in [4.78, 5) is 11.4. The van der Waals surface area contributed by atoms with E-state index in [1.54, 1.807) is 0 Å². The molecule has 1 aromatic heterocycles. The number of ether oxygens (including phenoxy) is 1. The topological polar surface area (TPSA) is 78.2 Å². The lowest BCUT2D eigenvalue weighted by atomic mass is 9.98. The second-order valence-electron chi connectivity index (χ2n) is 6.67. The Balaban J connectivity index is 1.60. The van der Waals surface area contributed by atoms with E-state index in [2.05, 4.69) is 16.0 Å². The Morgan fingerprint density at radius 1 is 1.19 bits per heavy atom. The maximum atomic E-state index is 9.42. The molecule has 3 heterocycles. The summed E-state index contributed by atoms with van der Waals surface area (Å²) in [6.45, 7) is 2.99. The number of aliphatic imine (C=N–C) groups is 1. The van der Waals surface area contributed by atoms with Gasteiger partial charge in [-0.3, -0.25) is 4.99 Å². The first-order valence-corrected chi connectivity index (χ1v) is 9.00. The number of nitrogens with zero attached hydrogens (tertiary/aromatic N) is 3. The molecule has 2 aliphatic rings. The molecule has 1 fully saturated rings. The van der Waals surface area contributed by atoms with E-state index in [1.807, 2.05) is 30.5 Å². The molecule has 2 N–H and O–H groups in total. The molecule has 1 saturated heterocycles. The fraction of sp³-hybridized carbons (Fsp3) is 0.400. The predicted molar refractivity (Wildman–Crippen MR) is 99.6 cm³/mol. The van der Waals surface area contributed by atoms with Gasteiger partial charge in [0.25, 0.3) is 0 Å². The molecule has 1 aromatic carbocycles. The molecule has 6 nitrogen and oxygen atoms in total. The summed E-state index contributed by atoms with van der Waals surface area (Å²) in [5.41, 5.74) is 5.17. The highest BCUT2D eigenvalue weighted by Crippen LogP contribution is 2.26. The Morgan fingerprint density at radius 3 is 2.96 bits per heavy atom. The van der Waals surface area contributed by atoms with E-state index in [-0.39, 0.29) is 19.3 Å². The van der Waals surface area contributed by atoms with E-state index in [0.717, 1.165) is 41.3 Å². The summed E-state index contributed by atoms with van der Waals surface area (Å²) < 4.78 is 5.70. The number of rotatable bonds is 5. The van der Waals surface area contributed by atoms with Crippen molar-refractivity contribution in [2.24, 2.45) is 4.99 Å². The molecule has 1 unspecified atom stereocenters. The van der Waals surface area contributed by atoms with Gasteiger partial charge in [0.05, 0.1) is 31.6 Å². The van der Waals surface area contributed by atoms with Crippen LogP contribution in [0, 0.1) is 0 Å². The van der Waals surface area contributed by atoms with Crippen LogP contribution in [0.25, 0.3) is 0 Å². The Bertz CT molecular complexity index is 820. The van der Waals surface area contributed by atoms with Crippen molar-refractivity contribution in [1.82, 2.24) is 4.98 Å². The van der Waals surface area contributed by atoms with Crippen LogP contribution in [-0.4, -0.2) is 53.3 Å². The summed E-state index contributed by atoms with van der Waals surface area (Å²) in [5, 5.41) is 18.6. The van der Waals surface area contributed by atoms with Crippen LogP contribution in [0.1, 0.15) is 28.7 Å². The standard InChI is InChI=1S/C20H23N3O3/c24-7-4-17-12-23(6-8-26-17)19-10-15(3-5-21-19)20-18-9-14(13-25)1-2-16(18)11-22-20/h1-3,5,9-10,17,24-25H,4,6-8,11-13H2. The molecule has 1 atom stereocenters. The minimum atomic E-state index is 0.0299. The number of morpholine rings is 1. The Kier molecular flexibility index (Phi) is 4.97. The summed E-state index contributed by atoms with van der Waals surface area (Å²) >= 11 is 0. The molecule has 26 heavy (non-hydrogen) atoms. The van der Waals surface area contributed by atoms with Crippen molar-refractivity contribution >= 4 is 11.5 Å². The normalized spacial score (nSPS) is 19.4. The van der Waals surface area contributed by atoms with E-state index in [0.29, 0.717) is 19.6 Å². The summed E-state index contributed by atoms with van der Waals surface area (Å²) in [5.74, 6) is 0.906. The molecule has 0 spiro atoms. The Morgan fingerprint density at radius 2 is 2.12 bits per heavy atom. The predicted octanol–water partition coefficient (Wildman–Crippen LogP) is 1.51. The van der Waals surface area contributed by atoms with Crippen LogP contribution in [0.5, 0.6) is 0 Å². The smallest absolute Gasteiger partial charge is 0.129 e. The van der Waals surface area contributed by atoms with Crippen LogP contribution >= 0.6 is 0 Å². The van der Waals surface area contributed by atoms with Gasteiger partial charge in [0.15, 0.2) is 0 Å². The van der Waals surface area contributed by atoms with Crippen molar-refractivity contribution in [1.29, 1.82) is 0 Å². The largest absolute Gasteiger partial charge is 0.396 e. The molecular weight excluding hydrogens is 330 g/mol. The number of anilines is 1. The van der Waals surface area contributed by atoms with E-state index in [4.69, 9.17) is 14.8 Å². The van der Waals surface area contributed by atoms with Crippen molar-refractivity contribution in [3.63, 3.8) is 0 Å². The molecule has 0 bridgehead atoms. The van der Waals surface area contributed by atoms with E-state index in [9.17, 15) is 5.11 Å². The minimum Gasteiger partial charge on any atom is -0.396 e. The number of pyridine rings is 1. The summed E-state index contributed by atoms with van der Waals surface area (Å²) in [7, 11) is 0. The van der Waals surface area contributed by atoms with Crippen LogP contribution in [-0.2, 0) is 17.9 Å². The Labute approximate surface area is 152 Å². The third-order valence-corrected chi connectivity index (χ3v) is 4.95. The number of aliphatic hydroxyl groups is 2. The van der Waals surface area contributed by atoms with Gasteiger partial charge in [-0.2, -0.15) is 0 Å². The van der Waals surface area contributed by atoms with Crippen molar-refractivity contribution in [3.8, 4) is 0 Å². The van der Waals surface area contributed by atoms with Crippen LogP contribution in [0.2, 0.25) is 0 Å². The molecule has 0 radical (unpaired) electrons. The maximum Gasteiger partial charge on any atom is 0.129 e. The highest BCUT2D eigenvalue weighted by atomic mass is 16.5. The average molecular weight is 353 g/mol. The van der Waals surface area contributed by atoms with Gasteiger partial charge >= 0.3 is 0 Å². The van der Waals surface area contributed by atoms with Gasteiger partial charge in [0.1, 0.15) is 5.82 Å². The molecule has 4 rings (SSSR count). The third-order valence-electron chi connectivity index (χ3n) is 4.95. The zero-order valence-corrected chi connectivity index (χ0v) is 14.6. The highest BCUT2D eigenvalue weighted by molar-refractivity contribution is 6.15. The van der Waals surface area contributed by atoms with Gasteiger partial charge in [-0.1, -0.05) is 12.1 Å². The van der Waals surface area contributed by atoms with E-state index in [1.165, 1.54) is 5.56 Å². The second-order valence-corrected chi connectivity index (χ2v) is 6.67. The average Bonchev–Trinajstić information content (AvgIpc) is 3.11. The van der Waals surface area contributed by atoms with E-state index < -0.39 is 0 Å². The first-order chi connectivity index (χ1) is 12.8. The SMILES string of the molecule is OCCC1CN(c2cc(C3=NCc4ccc(CO)cc43)ccn2)CCO1. The van der Waals surface area contributed by atoms with Gasteiger partial charge in [0, 0.05) is 37.0 Å². The van der Waals surface area contributed by atoms with Crippen LogP contribution in [0.15, 0.2) is 41.5 Å². The number of fused-ring (bicyclic) bond motifs is 1. The fourth-order valence-corrected chi connectivity index (χ4v) is 3.56. The van der Waals surface area contributed by atoms with Gasteiger partial charge < -0.3 is 19.8 Å². The minimum absolute atomic E-state index is 0.0299. The first-order valence-electron chi connectivity index (χ1n) is 9.00. The van der Waals surface area contributed by atoms with Crippen molar-refractivity contribution < 1.29 is 14.9 Å². The Hall–Kier alpha value is -2.28. The molecule has 0 aliphatic carbocycles.